The van der Waals surface area contributed by atoms with E-state index in [4.69, 9.17) is 4.18 Å². The third-order valence-corrected chi connectivity index (χ3v) is 3.51. The summed E-state index contributed by atoms with van der Waals surface area (Å²) in [7, 11) is -2.62. The minimum absolute atomic E-state index is 0.256. The molecular formula is C9H16O5S. The summed E-state index contributed by atoms with van der Waals surface area (Å²) in [6.07, 6.45) is 4.34. The van der Waals surface area contributed by atoms with E-state index in [2.05, 4.69) is 4.74 Å². The molecule has 1 fully saturated rings. The molecule has 0 aliphatic heterocycles. The van der Waals surface area contributed by atoms with Crippen LogP contribution in [-0.4, -0.2) is 33.4 Å². The molecule has 88 valence electrons. The van der Waals surface area contributed by atoms with Crippen LogP contribution in [0.15, 0.2) is 0 Å². The maximum atomic E-state index is 11.3. The van der Waals surface area contributed by atoms with Crippen LogP contribution in [0.25, 0.3) is 0 Å². The first-order valence-corrected chi connectivity index (χ1v) is 6.59. The lowest BCUT2D eigenvalue weighted by molar-refractivity contribution is -0.137. The van der Waals surface area contributed by atoms with Crippen molar-refractivity contribution in [3.8, 4) is 0 Å². The van der Waals surface area contributed by atoms with Gasteiger partial charge in [-0.1, -0.05) is 19.3 Å². The van der Waals surface area contributed by atoms with Crippen molar-refractivity contribution in [2.45, 2.75) is 38.2 Å². The van der Waals surface area contributed by atoms with Crippen LogP contribution in [-0.2, 0) is 23.8 Å². The van der Waals surface area contributed by atoms with E-state index in [1.807, 2.05) is 0 Å². The Labute approximate surface area is 89.9 Å². The Morgan fingerprint density at radius 3 is 2.40 bits per heavy atom. The smallest absolute Gasteiger partial charge is 0.323 e. The summed E-state index contributed by atoms with van der Waals surface area (Å²) in [5, 5.41) is 0. The molecule has 1 rings (SSSR count). The van der Waals surface area contributed by atoms with Gasteiger partial charge < -0.3 is 4.74 Å². The van der Waals surface area contributed by atoms with E-state index in [-0.39, 0.29) is 6.10 Å². The first-order valence-electron chi connectivity index (χ1n) is 5.01. The molecule has 0 spiro atoms. The van der Waals surface area contributed by atoms with Crippen molar-refractivity contribution < 1.29 is 22.1 Å². The standard InChI is InChI=1S/C9H16O5S/c1-13-9(10)7-15(11,12)14-8-5-3-2-4-6-8/h8H,2-7H2,1H3. The number of carbonyl (C=O) groups excluding carboxylic acids is 1. The van der Waals surface area contributed by atoms with Crippen molar-refractivity contribution in [3.63, 3.8) is 0 Å². The van der Waals surface area contributed by atoms with Gasteiger partial charge in [-0.2, -0.15) is 8.42 Å². The average molecular weight is 236 g/mol. The molecule has 0 aromatic rings. The summed E-state index contributed by atoms with van der Waals surface area (Å²) < 4.78 is 31.9. The second-order valence-corrected chi connectivity index (χ2v) is 5.23. The summed E-state index contributed by atoms with van der Waals surface area (Å²) in [5.41, 5.74) is 0. The summed E-state index contributed by atoms with van der Waals surface area (Å²) in [6.45, 7) is 0. The molecule has 0 N–H and O–H groups in total. The van der Waals surface area contributed by atoms with Crippen LogP contribution in [0.1, 0.15) is 32.1 Å². The van der Waals surface area contributed by atoms with Crippen molar-refractivity contribution in [2.75, 3.05) is 12.9 Å². The first-order chi connectivity index (χ1) is 7.03. The fourth-order valence-electron chi connectivity index (χ4n) is 1.61. The monoisotopic (exact) mass is 236 g/mol. The lowest BCUT2D eigenvalue weighted by atomic mass is 9.98. The van der Waals surface area contributed by atoms with E-state index >= 15 is 0 Å². The number of hydrogen-bond acceptors (Lipinski definition) is 5. The molecule has 5 nitrogen and oxygen atoms in total. The van der Waals surface area contributed by atoms with E-state index in [1.54, 1.807) is 0 Å². The number of rotatable bonds is 4. The van der Waals surface area contributed by atoms with Crippen molar-refractivity contribution >= 4 is 16.1 Å². The lowest BCUT2D eigenvalue weighted by Crippen LogP contribution is -2.26. The van der Waals surface area contributed by atoms with Crippen molar-refractivity contribution in [1.29, 1.82) is 0 Å². The van der Waals surface area contributed by atoms with Crippen LogP contribution in [0, 0.1) is 0 Å². The second kappa shape index (κ2) is 5.46. The van der Waals surface area contributed by atoms with Gasteiger partial charge in [-0.05, 0) is 12.8 Å². The fourth-order valence-corrected chi connectivity index (χ4v) is 2.69. The fraction of sp³-hybridized carbons (Fsp3) is 0.889. The third-order valence-electron chi connectivity index (χ3n) is 2.36. The molecular weight excluding hydrogens is 220 g/mol. The Kier molecular flexibility index (Phi) is 4.53. The van der Waals surface area contributed by atoms with Gasteiger partial charge in [0.25, 0.3) is 10.1 Å². The molecule has 6 heteroatoms. The van der Waals surface area contributed by atoms with Gasteiger partial charge in [-0.3, -0.25) is 8.98 Å². The van der Waals surface area contributed by atoms with E-state index < -0.39 is 21.8 Å². The van der Waals surface area contributed by atoms with Gasteiger partial charge in [0.15, 0.2) is 5.75 Å². The van der Waals surface area contributed by atoms with Gasteiger partial charge in [0.2, 0.25) is 0 Å². The first kappa shape index (κ1) is 12.4. The van der Waals surface area contributed by atoms with Crippen LogP contribution in [0.5, 0.6) is 0 Å². The Bertz CT molecular complexity index is 302. The Morgan fingerprint density at radius 1 is 1.27 bits per heavy atom. The number of hydrogen-bond donors (Lipinski definition) is 0. The summed E-state index contributed by atoms with van der Waals surface area (Å²) >= 11 is 0. The van der Waals surface area contributed by atoms with Crippen molar-refractivity contribution in [3.05, 3.63) is 0 Å². The predicted molar refractivity (Wildman–Crippen MR) is 53.8 cm³/mol. The molecule has 0 saturated heterocycles. The normalized spacial score (nSPS) is 18.7. The zero-order chi connectivity index (χ0) is 11.3. The largest absolute Gasteiger partial charge is 0.468 e. The molecule has 0 unspecified atom stereocenters. The molecule has 1 saturated carbocycles. The third kappa shape index (κ3) is 4.61. The highest BCUT2D eigenvalue weighted by molar-refractivity contribution is 7.87. The van der Waals surface area contributed by atoms with Crippen LogP contribution in [0.4, 0.5) is 0 Å². The Morgan fingerprint density at radius 2 is 1.87 bits per heavy atom. The molecule has 1 aliphatic rings. The van der Waals surface area contributed by atoms with Gasteiger partial charge in [0.05, 0.1) is 13.2 Å². The number of ether oxygens (including phenoxy) is 1. The van der Waals surface area contributed by atoms with E-state index in [0.29, 0.717) is 0 Å². The van der Waals surface area contributed by atoms with Crippen LogP contribution < -0.4 is 0 Å². The molecule has 0 aromatic heterocycles. The highest BCUT2D eigenvalue weighted by atomic mass is 32.2. The van der Waals surface area contributed by atoms with Crippen molar-refractivity contribution in [2.24, 2.45) is 0 Å². The molecule has 0 bridgehead atoms. The second-order valence-electron chi connectivity index (χ2n) is 3.63. The molecule has 0 heterocycles. The molecule has 0 radical (unpaired) electrons. The topological polar surface area (TPSA) is 69.7 Å². The molecule has 15 heavy (non-hydrogen) atoms. The van der Waals surface area contributed by atoms with Gasteiger partial charge in [0, 0.05) is 0 Å². The van der Waals surface area contributed by atoms with E-state index in [0.717, 1.165) is 39.2 Å². The number of carbonyl (C=O) groups is 1. The zero-order valence-corrected chi connectivity index (χ0v) is 9.59. The summed E-state index contributed by atoms with van der Waals surface area (Å²) in [6, 6.07) is 0. The van der Waals surface area contributed by atoms with Crippen LogP contribution >= 0.6 is 0 Å². The summed E-state index contributed by atoms with van der Waals surface area (Å²) in [4.78, 5) is 10.8. The van der Waals surface area contributed by atoms with Gasteiger partial charge in [-0.15, -0.1) is 0 Å². The zero-order valence-electron chi connectivity index (χ0n) is 8.77. The molecule has 0 amide bonds. The van der Waals surface area contributed by atoms with E-state index in [1.165, 1.54) is 0 Å². The predicted octanol–water partition coefficient (Wildman–Crippen LogP) is 0.838. The van der Waals surface area contributed by atoms with Gasteiger partial charge in [-0.25, -0.2) is 0 Å². The molecule has 0 aromatic carbocycles. The van der Waals surface area contributed by atoms with Gasteiger partial charge >= 0.3 is 5.97 Å². The molecule has 0 atom stereocenters. The average Bonchev–Trinajstić information content (AvgIpc) is 2.17. The minimum atomic E-state index is -3.77. The number of methoxy groups -OCH3 is 1. The van der Waals surface area contributed by atoms with Gasteiger partial charge in [0.1, 0.15) is 0 Å². The van der Waals surface area contributed by atoms with Crippen LogP contribution in [0.3, 0.4) is 0 Å². The highest BCUT2D eigenvalue weighted by Crippen LogP contribution is 2.21. The Hall–Kier alpha value is -0.620. The summed E-state index contributed by atoms with van der Waals surface area (Å²) in [5.74, 6) is -1.48. The quantitative estimate of drug-likeness (QED) is 0.534. The van der Waals surface area contributed by atoms with Crippen LogP contribution in [0.2, 0.25) is 0 Å². The molecule has 1 aliphatic carbocycles. The SMILES string of the molecule is COC(=O)CS(=O)(=O)OC1CCCCC1. The van der Waals surface area contributed by atoms with Crippen molar-refractivity contribution in [1.82, 2.24) is 0 Å². The maximum absolute atomic E-state index is 11.3. The Balaban J connectivity index is 2.44. The van der Waals surface area contributed by atoms with E-state index in [9.17, 15) is 13.2 Å². The number of esters is 1. The highest BCUT2D eigenvalue weighted by Gasteiger charge is 2.24. The maximum Gasteiger partial charge on any atom is 0.323 e. The lowest BCUT2D eigenvalue weighted by Gasteiger charge is -2.20. The minimum Gasteiger partial charge on any atom is -0.468 e.